The predicted octanol–water partition coefficient (Wildman–Crippen LogP) is 2.61. The van der Waals surface area contributed by atoms with E-state index in [1.54, 1.807) is 11.3 Å². The number of aliphatic carboxylic acids is 1. The van der Waals surface area contributed by atoms with Gasteiger partial charge in [-0.1, -0.05) is 6.07 Å². The Balaban J connectivity index is 2.49. The van der Waals surface area contributed by atoms with Gasteiger partial charge in [-0.25, -0.2) is 0 Å². The van der Waals surface area contributed by atoms with Gasteiger partial charge in [0.05, 0.1) is 0 Å². The van der Waals surface area contributed by atoms with E-state index in [1.807, 2.05) is 20.2 Å². The summed E-state index contributed by atoms with van der Waals surface area (Å²) >= 11 is 1.73. The molecule has 0 aliphatic heterocycles. The second kappa shape index (κ2) is 5.88. The maximum absolute atomic E-state index is 10.4. The molecule has 1 heterocycles. The van der Waals surface area contributed by atoms with Crippen molar-refractivity contribution in [3.05, 3.63) is 22.4 Å². The van der Waals surface area contributed by atoms with Crippen molar-refractivity contribution in [3.8, 4) is 0 Å². The molecule has 0 radical (unpaired) electrons. The highest BCUT2D eigenvalue weighted by Crippen LogP contribution is 2.27. The summed E-state index contributed by atoms with van der Waals surface area (Å²) in [6, 6.07) is 4.49. The molecule has 0 saturated heterocycles. The molecule has 0 aliphatic rings. The van der Waals surface area contributed by atoms with E-state index < -0.39 is 5.97 Å². The molecular formula is C11H17NO2S. The van der Waals surface area contributed by atoms with Crippen LogP contribution in [0.25, 0.3) is 0 Å². The van der Waals surface area contributed by atoms with E-state index in [2.05, 4.69) is 16.3 Å². The Morgan fingerprint density at radius 1 is 1.60 bits per heavy atom. The van der Waals surface area contributed by atoms with Crippen LogP contribution < -0.4 is 0 Å². The zero-order valence-electron chi connectivity index (χ0n) is 9.14. The van der Waals surface area contributed by atoms with Crippen molar-refractivity contribution in [1.82, 2.24) is 4.90 Å². The number of carboxylic acids is 1. The SMILES string of the molecule is CN(C)C(CCCC(=O)O)c1cccs1. The zero-order chi connectivity index (χ0) is 11.3. The number of rotatable bonds is 6. The average molecular weight is 227 g/mol. The molecule has 0 spiro atoms. The first kappa shape index (κ1) is 12.2. The predicted molar refractivity (Wildman–Crippen MR) is 62.2 cm³/mol. The zero-order valence-corrected chi connectivity index (χ0v) is 9.96. The summed E-state index contributed by atoms with van der Waals surface area (Å²) in [6.07, 6.45) is 1.89. The van der Waals surface area contributed by atoms with Crippen LogP contribution in [0.2, 0.25) is 0 Å². The highest BCUT2D eigenvalue weighted by Gasteiger charge is 2.14. The lowest BCUT2D eigenvalue weighted by Gasteiger charge is -2.22. The fraction of sp³-hybridized carbons (Fsp3) is 0.545. The molecule has 84 valence electrons. The van der Waals surface area contributed by atoms with Crippen LogP contribution in [-0.4, -0.2) is 30.1 Å². The summed E-state index contributed by atoms with van der Waals surface area (Å²) in [5.74, 6) is -0.710. The first-order chi connectivity index (χ1) is 7.11. The number of nitrogens with zero attached hydrogens (tertiary/aromatic N) is 1. The molecule has 15 heavy (non-hydrogen) atoms. The van der Waals surface area contributed by atoms with Crippen LogP contribution in [0.3, 0.4) is 0 Å². The van der Waals surface area contributed by atoms with Gasteiger partial charge in [-0.3, -0.25) is 4.79 Å². The van der Waals surface area contributed by atoms with Crippen molar-refractivity contribution in [2.24, 2.45) is 0 Å². The summed E-state index contributed by atoms with van der Waals surface area (Å²) in [4.78, 5) is 13.9. The third kappa shape index (κ3) is 4.01. The normalized spacial score (nSPS) is 13.0. The molecule has 1 aromatic heterocycles. The maximum Gasteiger partial charge on any atom is 0.303 e. The van der Waals surface area contributed by atoms with Crippen molar-refractivity contribution >= 4 is 17.3 Å². The van der Waals surface area contributed by atoms with Gasteiger partial charge in [0, 0.05) is 17.3 Å². The molecule has 1 aromatic rings. The largest absolute Gasteiger partial charge is 0.481 e. The molecule has 0 amide bonds. The number of hydrogen-bond donors (Lipinski definition) is 1. The Kier molecular flexibility index (Phi) is 4.78. The summed E-state index contributed by atoms with van der Waals surface area (Å²) < 4.78 is 0. The van der Waals surface area contributed by atoms with Crippen molar-refractivity contribution < 1.29 is 9.90 Å². The van der Waals surface area contributed by atoms with E-state index in [0.29, 0.717) is 6.04 Å². The van der Waals surface area contributed by atoms with E-state index in [9.17, 15) is 4.79 Å². The number of thiophene rings is 1. The van der Waals surface area contributed by atoms with Gasteiger partial charge in [0.1, 0.15) is 0 Å². The van der Waals surface area contributed by atoms with Crippen LogP contribution in [0.5, 0.6) is 0 Å². The van der Waals surface area contributed by atoms with Crippen LogP contribution in [0.4, 0.5) is 0 Å². The van der Waals surface area contributed by atoms with Gasteiger partial charge in [0.25, 0.3) is 0 Å². The minimum Gasteiger partial charge on any atom is -0.481 e. The Bertz CT molecular complexity index is 296. The van der Waals surface area contributed by atoms with Crippen molar-refractivity contribution in [1.29, 1.82) is 0 Å². The van der Waals surface area contributed by atoms with Crippen LogP contribution in [0, 0.1) is 0 Å². The highest BCUT2D eigenvalue weighted by atomic mass is 32.1. The average Bonchev–Trinajstić information content (AvgIpc) is 2.63. The number of carboxylic acid groups (broad SMARTS) is 1. The van der Waals surface area contributed by atoms with Gasteiger partial charge in [-0.15, -0.1) is 11.3 Å². The minimum atomic E-state index is -0.710. The van der Waals surface area contributed by atoms with E-state index in [1.165, 1.54) is 4.88 Å². The second-order valence-electron chi connectivity index (χ2n) is 3.78. The second-order valence-corrected chi connectivity index (χ2v) is 4.76. The van der Waals surface area contributed by atoms with Crippen LogP contribution in [0.15, 0.2) is 17.5 Å². The minimum absolute atomic E-state index is 0.260. The fourth-order valence-corrected chi connectivity index (χ4v) is 2.54. The molecular weight excluding hydrogens is 210 g/mol. The molecule has 1 rings (SSSR count). The van der Waals surface area contributed by atoms with E-state index in [0.717, 1.165) is 12.8 Å². The summed E-state index contributed by atoms with van der Waals surface area (Å²) in [6.45, 7) is 0. The lowest BCUT2D eigenvalue weighted by atomic mass is 10.1. The summed E-state index contributed by atoms with van der Waals surface area (Å²) in [5, 5.41) is 10.6. The topological polar surface area (TPSA) is 40.5 Å². The molecule has 0 bridgehead atoms. The Morgan fingerprint density at radius 3 is 2.80 bits per heavy atom. The lowest BCUT2D eigenvalue weighted by Crippen LogP contribution is -2.19. The van der Waals surface area contributed by atoms with Crippen molar-refractivity contribution in [2.45, 2.75) is 25.3 Å². The van der Waals surface area contributed by atoms with E-state index in [4.69, 9.17) is 5.11 Å². The highest BCUT2D eigenvalue weighted by molar-refractivity contribution is 7.10. The molecule has 0 saturated carbocycles. The van der Waals surface area contributed by atoms with Crippen molar-refractivity contribution in [2.75, 3.05) is 14.1 Å². The smallest absolute Gasteiger partial charge is 0.303 e. The first-order valence-electron chi connectivity index (χ1n) is 5.03. The fourth-order valence-electron chi connectivity index (χ4n) is 1.58. The first-order valence-corrected chi connectivity index (χ1v) is 5.91. The van der Waals surface area contributed by atoms with E-state index in [-0.39, 0.29) is 6.42 Å². The van der Waals surface area contributed by atoms with Crippen LogP contribution in [-0.2, 0) is 4.79 Å². The van der Waals surface area contributed by atoms with Gasteiger partial charge in [0.15, 0.2) is 0 Å². The molecule has 1 unspecified atom stereocenters. The lowest BCUT2D eigenvalue weighted by molar-refractivity contribution is -0.137. The molecule has 3 nitrogen and oxygen atoms in total. The maximum atomic E-state index is 10.4. The Hall–Kier alpha value is -0.870. The summed E-state index contributed by atoms with van der Waals surface area (Å²) in [7, 11) is 4.07. The van der Waals surface area contributed by atoms with Crippen LogP contribution >= 0.6 is 11.3 Å². The molecule has 4 heteroatoms. The summed E-state index contributed by atoms with van der Waals surface area (Å²) in [5.41, 5.74) is 0. The Morgan fingerprint density at radius 2 is 2.33 bits per heavy atom. The standard InChI is InChI=1S/C11H17NO2S/c1-12(2)9(5-3-7-11(13)14)10-6-4-8-15-10/h4,6,8-9H,3,5,7H2,1-2H3,(H,13,14). The van der Waals surface area contributed by atoms with Gasteiger partial charge < -0.3 is 10.0 Å². The molecule has 0 aromatic carbocycles. The number of carbonyl (C=O) groups is 1. The molecule has 1 atom stereocenters. The third-order valence-electron chi connectivity index (χ3n) is 2.36. The molecule has 0 fully saturated rings. The third-order valence-corrected chi connectivity index (χ3v) is 3.34. The number of hydrogen-bond acceptors (Lipinski definition) is 3. The van der Waals surface area contributed by atoms with Gasteiger partial charge in [-0.05, 0) is 38.4 Å². The van der Waals surface area contributed by atoms with E-state index >= 15 is 0 Å². The molecule has 1 N–H and O–H groups in total. The van der Waals surface area contributed by atoms with Gasteiger partial charge in [0.2, 0.25) is 0 Å². The van der Waals surface area contributed by atoms with Crippen LogP contribution in [0.1, 0.15) is 30.2 Å². The van der Waals surface area contributed by atoms with Gasteiger partial charge >= 0.3 is 5.97 Å². The molecule has 0 aliphatic carbocycles. The monoisotopic (exact) mass is 227 g/mol. The van der Waals surface area contributed by atoms with Crippen molar-refractivity contribution in [3.63, 3.8) is 0 Å². The van der Waals surface area contributed by atoms with Gasteiger partial charge in [-0.2, -0.15) is 0 Å². The Labute approximate surface area is 94.3 Å². The quantitative estimate of drug-likeness (QED) is 0.812.